The largest absolute Gasteiger partial charge is 0.491 e. The molecule has 1 saturated carbocycles. The van der Waals surface area contributed by atoms with Gasteiger partial charge in [-0.05, 0) is 74.0 Å². The first-order valence-electron chi connectivity index (χ1n) is 14.5. The molecule has 1 heterocycles. The van der Waals surface area contributed by atoms with Crippen molar-refractivity contribution in [2.24, 2.45) is 11.8 Å². The lowest BCUT2D eigenvalue weighted by atomic mass is 9.81. The van der Waals surface area contributed by atoms with Crippen LogP contribution in [0.2, 0.25) is 0 Å². The van der Waals surface area contributed by atoms with Crippen molar-refractivity contribution in [3.05, 3.63) is 60.2 Å². The molecule has 1 amide bonds. The van der Waals surface area contributed by atoms with Crippen molar-refractivity contribution in [2.45, 2.75) is 74.6 Å². The average Bonchev–Trinajstić information content (AvgIpc) is 3.26. The van der Waals surface area contributed by atoms with Crippen molar-refractivity contribution in [3.8, 4) is 0 Å². The van der Waals surface area contributed by atoms with Crippen LogP contribution in [0.15, 0.2) is 59.5 Å². The van der Waals surface area contributed by atoms with Crippen LogP contribution in [0, 0.1) is 11.8 Å². The van der Waals surface area contributed by atoms with Gasteiger partial charge in [0.1, 0.15) is 0 Å². The highest BCUT2D eigenvalue weighted by Gasteiger charge is 2.57. The lowest BCUT2D eigenvalue weighted by Crippen LogP contribution is -2.56. The van der Waals surface area contributed by atoms with Gasteiger partial charge in [-0.2, -0.15) is 26.3 Å². The number of hydrogen-bond donors (Lipinski definition) is 2. The molecular weight excluding hydrogens is 628 g/mol. The van der Waals surface area contributed by atoms with Crippen LogP contribution in [0.4, 0.5) is 32.0 Å². The molecule has 248 valence electrons. The predicted octanol–water partition coefficient (Wildman–Crippen LogP) is 5.41. The number of anilines is 1. The van der Waals surface area contributed by atoms with Gasteiger partial charge >= 0.3 is 18.3 Å². The van der Waals surface area contributed by atoms with E-state index >= 15 is 0 Å². The topological polar surface area (TPSA) is 105 Å². The van der Waals surface area contributed by atoms with E-state index in [1.807, 2.05) is 13.8 Å². The molecule has 1 aliphatic carbocycles. The molecule has 2 fully saturated rings. The Morgan fingerprint density at radius 2 is 1.67 bits per heavy atom. The summed E-state index contributed by atoms with van der Waals surface area (Å²) in [4.78, 5) is 27.3. The Bertz CT molecular complexity index is 1450. The zero-order valence-electron chi connectivity index (χ0n) is 24.6. The number of benzene rings is 2. The molecule has 15 heteroatoms. The van der Waals surface area contributed by atoms with Crippen LogP contribution < -0.4 is 10.6 Å². The monoisotopic (exact) mass is 663 g/mol. The minimum absolute atomic E-state index is 0.0737. The van der Waals surface area contributed by atoms with Crippen molar-refractivity contribution < 1.29 is 49.1 Å². The number of amides is 1. The number of ether oxygens (including phenoxy) is 1. The molecular formula is C30H35F6N3O5S. The molecule has 0 bridgehead atoms. The molecule has 2 N–H and O–H groups in total. The fourth-order valence-corrected chi connectivity index (χ4v) is 7.58. The van der Waals surface area contributed by atoms with Crippen LogP contribution in [-0.2, 0) is 30.3 Å². The molecule has 2 aliphatic rings. The third kappa shape index (κ3) is 8.29. The Kier molecular flexibility index (Phi) is 10.1. The number of rotatable bonds is 10. The predicted molar refractivity (Wildman–Crippen MR) is 153 cm³/mol. The van der Waals surface area contributed by atoms with Crippen LogP contribution in [-0.4, -0.2) is 68.0 Å². The summed E-state index contributed by atoms with van der Waals surface area (Å²) in [6, 6.07) is 10.1. The van der Waals surface area contributed by atoms with E-state index in [0.717, 1.165) is 12.1 Å². The second kappa shape index (κ2) is 13.2. The van der Waals surface area contributed by atoms with E-state index in [4.69, 9.17) is 4.74 Å². The number of halogens is 6. The summed E-state index contributed by atoms with van der Waals surface area (Å²) in [5, 5.41) is 5.87. The molecule has 2 aromatic carbocycles. The van der Waals surface area contributed by atoms with E-state index in [-0.39, 0.29) is 28.9 Å². The van der Waals surface area contributed by atoms with Gasteiger partial charge < -0.3 is 20.3 Å². The maximum atomic E-state index is 14.0. The van der Waals surface area contributed by atoms with Gasteiger partial charge in [0.15, 0.2) is 9.84 Å². The zero-order valence-corrected chi connectivity index (χ0v) is 25.4. The van der Waals surface area contributed by atoms with Crippen LogP contribution in [0.1, 0.15) is 45.1 Å². The van der Waals surface area contributed by atoms with Gasteiger partial charge in [-0.25, -0.2) is 13.2 Å². The summed E-state index contributed by atoms with van der Waals surface area (Å²) >= 11 is 0. The summed E-state index contributed by atoms with van der Waals surface area (Å²) in [5.41, 5.74) is -3.79. The molecule has 1 unspecified atom stereocenters. The lowest BCUT2D eigenvalue weighted by molar-refractivity contribution is -0.211. The summed E-state index contributed by atoms with van der Waals surface area (Å²) in [7, 11) is -3.83. The molecule has 1 saturated heterocycles. The SMILES string of the molecule is CC(C)CN[C@@H]1CC[C@H](N2CCC(Nc3ccc(C(F)(F)F)cc3)(OC(=O)C(F)(F)F)C2=O)[C@H](CS(=O)(=O)c2ccccc2)C1. The molecule has 2 aromatic rings. The van der Waals surface area contributed by atoms with Crippen LogP contribution in [0.3, 0.4) is 0 Å². The average molecular weight is 664 g/mol. The van der Waals surface area contributed by atoms with E-state index in [0.29, 0.717) is 43.9 Å². The molecule has 0 aromatic heterocycles. The number of nitrogens with zero attached hydrogens (tertiary/aromatic N) is 1. The number of carbonyl (C=O) groups excluding carboxylic acids is 2. The summed E-state index contributed by atoms with van der Waals surface area (Å²) in [5.74, 6) is -4.34. The fraction of sp³-hybridized carbons (Fsp3) is 0.533. The Morgan fingerprint density at radius 3 is 2.24 bits per heavy atom. The first-order chi connectivity index (χ1) is 20.9. The number of likely N-dealkylation sites (tertiary alicyclic amines) is 1. The lowest BCUT2D eigenvalue weighted by Gasteiger charge is -2.42. The van der Waals surface area contributed by atoms with Gasteiger partial charge in [0.25, 0.3) is 11.6 Å². The maximum absolute atomic E-state index is 14.0. The van der Waals surface area contributed by atoms with E-state index in [1.54, 1.807) is 18.2 Å². The van der Waals surface area contributed by atoms with Crippen molar-refractivity contribution in [1.29, 1.82) is 0 Å². The highest BCUT2D eigenvalue weighted by Crippen LogP contribution is 2.39. The van der Waals surface area contributed by atoms with E-state index in [2.05, 4.69) is 10.6 Å². The van der Waals surface area contributed by atoms with Crippen molar-refractivity contribution in [3.63, 3.8) is 0 Å². The number of sulfone groups is 1. The third-order valence-corrected chi connectivity index (χ3v) is 9.92. The highest BCUT2D eigenvalue weighted by molar-refractivity contribution is 7.91. The minimum atomic E-state index is -5.46. The molecule has 0 radical (unpaired) electrons. The summed E-state index contributed by atoms with van der Waals surface area (Å²) < 4.78 is 111. The van der Waals surface area contributed by atoms with Crippen molar-refractivity contribution >= 4 is 27.4 Å². The zero-order chi connectivity index (χ0) is 33.2. The first kappa shape index (κ1) is 34.5. The first-order valence-corrected chi connectivity index (χ1v) is 16.1. The van der Waals surface area contributed by atoms with Crippen molar-refractivity contribution in [2.75, 3.05) is 24.2 Å². The molecule has 0 spiro atoms. The third-order valence-electron chi connectivity index (χ3n) is 8.06. The Labute approximate surface area is 257 Å². The van der Waals surface area contributed by atoms with Gasteiger partial charge in [-0.3, -0.25) is 4.79 Å². The molecule has 1 aliphatic heterocycles. The second-order valence-electron chi connectivity index (χ2n) is 11.9. The normalized spacial score (nSPS) is 24.6. The summed E-state index contributed by atoms with van der Waals surface area (Å²) in [6.07, 6.45) is -9.39. The van der Waals surface area contributed by atoms with Crippen molar-refractivity contribution in [1.82, 2.24) is 10.2 Å². The molecule has 45 heavy (non-hydrogen) atoms. The quantitative estimate of drug-likeness (QED) is 0.199. The van der Waals surface area contributed by atoms with Crippen LogP contribution in [0.25, 0.3) is 0 Å². The Hall–Kier alpha value is -3.33. The molecule has 4 atom stereocenters. The maximum Gasteiger partial charge on any atom is 0.491 e. The number of carbonyl (C=O) groups is 2. The van der Waals surface area contributed by atoms with Gasteiger partial charge in [-0.1, -0.05) is 32.0 Å². The molecule has 4 rings (SSSR count). The van der Waals surface area contributed by atoms with Crippen LogP contribution >= 0.6 is 0 Å². The standard InChI is InChI=1S/C30H35F6N3O5S/c1-19(2)17-37-23-12-13-25(20(16-23)18-45(42,43)24-6-4-3-5-7-24)39-15-14-28(26(39)40,44-27(41)30(34,35)36)38-22-10-8-21(9-11-22)29(31,32)33/h3-11,19-20,23,25,37-38H,12-18H2,1-2H3/t20-,23+,25-,28?/m0/s1. The number of nitrogens with one attached hydrogen (secondary N) is 2. The van der Waals surface area contributed by atoms with Gasteiger partial charge in [-0.15, -0.1) is 0 Å². The molecule has 8 nitrogen and oxygen atoms in total. The van der Waals surface area contributed by atoms with Gasteiger partial charge in [0.05, 0.1) is 16.2 Å². The van der Waals surface area contributed by atoms with Gasteiger partial charge in [0, 0.05) is 30.7 Å². The van der Waals surface area contributed by atoms with E-state index < -0.39 is 63.7 Å². The number of alkyl halides is 6. The highest BCUT2D eigenvalue weighted by atomic mass is 32.2. The van der Waals surface area contributed by atoms with Gasteiger partial charge in [0.2, 0.25) is 0 Å². The fourth-order valence-electron chi connectivity index (χ4n) is 5.89. The minimum Gasteiger partial charge on any atom is -0.423 e. The second-order valence-corrected chi connectivity index (χ2v) is 13.9. The smallest absolute Gasteiger partial charge is 0.423 e. The number of esters is 1. The van der Waals surface area contributed by atoms with E-state index in [1.165, 1.54) is 17.0 Å². The Morgan fingerprint density at radius 1 is 1.02 bits per heavy atom. The summed E-state index contributed by atoms with van der Waals surface area (Å²) in [6.45, 7) is 4.52. The number of hydrogen-bond acceptors (Lipinski definition) is 7. The van der Waals surface area contributed by atoms with Crippen LogP contribution in [0.5, 0.6) is 0 Å². The van der Waals surface area contributed by atoms with E-state index in [9.17, 15) is 44.3 Å². The Balaban J connectivity index is 1.65.